The van der Waals surface area contributed by atoms with E-state index in [1.54, 1.807) is 0 Å². The average Bonchev–Trinajstić information content (AvgIpc) is 2.66. The van der Waals surface area contributed by atoms with Crippen molar-refractivity contribution in [3.8, 4) is 0 Å². The molecule has 3 rings (SSSR count). The largest absolute Gasteiger partial charge is 0.324 e. The van der Waals surface area contributed by atoms with Crippen LogP contribution in [0.5, 0.6) is 0 Å². The van der Waals surface area contributed by atoms with Crippen molar-refractivity contribution >= 4 is 34.8 Å². The lowest BCUT2D eigenvalue weighted by atomic mass is 9.87. The molecule has 0 unspecified atom stereocenters. The molecule has 0 bridgehead atoms. The Hall–Kier alpha value is -2.92. The highest BCUT2D eigenvalue weighted by atomic mass is 35.5. The molecular formula is C22H23ClN4O. The number of benzene rings is 2. The van der Waals surface area contributed by atoms with Crippen LogP contribution in [-0.2, 0) is 5.41 Å². The zero-order valence-corrected chi connectivity index (χ0v) is 17.1. The van der Waals surface area contributed by atoms with Crippen LogP contribution in [0.25, 0.3) is 0 Å². The van der Waals surface area contributed by atoms with Crippen molar-refractivity contribution < 1.29 is 4.79 Å². The lowest BCUT2D eigenvalue weighted by Gasteiger charge is -2.19. The molecule has 1 heterocycles. The summed E-state index contributed by atoms with van der Waals surface area (Å²) in [5.41, 5.74) is 4.13. The molecule has 3 aromatic rings. The Labute approximate surface area is 170 Å². The minimum Gasteiger partial charge on any atom is -0.324 e. The molecule has 0 saturated heterocycles. The van der Waals surface area contributed by atoms with E-state index in [-0.39, 0.29) is 11.3 Å². The molecule has 0 atom stereocenters. The smallest absolute Gasteiger partial charge is 0.258 e. The minimum atomic E-state index is -0.256. The molecule has 0 aliphatic rings. The first kappa shape index (κ1) is 19.8. The second kappa shape index (κ2) is 7.98. The number of halogens is 1. The van der Waals surface area contributed by atoms with Crippen LogP contribution in [0.15, 0.2) is 54.9 Å². The third-order valence-electron chi connectivity index (χ3n) is 4.44. The van der Waals surface area contributed by atoms with Gasteiger partial charge in [0.15, 0.2) is 0 Å². The van der Waals surface area contributed by atoms with E-state index >= 15 is 0 Å². The van der Waals surface area contributed by atoms with E-state index in [1.165, 1.54) is 18.0 Å². The molecule has 28 heavy (non-hydrogen) atoms. The van der Waals surface area contributed by atoms with Gasteiger partial charge in [0.1, 0.15) is 0 Å². The van der Waals surface area contributed by atoms with Crippen LogP contribution >= 0.6 is 11.6 Å². The van der Waals surface area contributed by atoms with Gasteiger partial charge >= 0.3 is 0 Å². The SMILES string of the molecule is Cc1c(Cl)cccc1Nc1ncc(C(=O)Nc2ccc(C(C)(C)C)cc2)cn1. The van der Waals surface area contributed by atoms with Gasteiger partial charge in [-0.15, -0.1) is 0 Å². The van der Waals surface area contributed by atoms with Gasteiger partial charge in [0.2, 0.25) is 5.95 Å². The molecule has 0 spiro atoms. The van der Waals surface area contributed by atoms with Crippen LogP contribution in [-0.4, -0.2) is 15.9 Å². The van der Waals surface area contributed by atoms with Crippen molar-refractivity contribution in [3.05, 3.63) is 76.6 Å². The van der Waals surface area contributed by atoms with Gasteiger partial charge in [-0.3, -0.25) is 4.79 Å². The maximum absolute atomic E-state index is 12.4. The van der Waals surface area contributed by atoms with Crippen molar-refractivity contribution in [2.75, 3.05) is 10.6 Å². The first-order valence-corrected chi connectivity index (χ1v) is 9.38. The number of nitrogens with zero attached hydrogens (tertiary/aromatic N) is 2. The summed E-state index contributed by atoms with van der Waals surface area (Å²) in [5.74, 6) is 0.144. The Balaban J connectivity index is 1.67. The van der Waals surface area contributed by atoms with Gasteiger partial charge < -0.3 is 10.6 Å². The van der Waals surface area contributed by atoms with Crippen LogP contribution in [0.1, 0.15) is 42.3 Å². The second-order valence-electron chi connectivity index (χ2n) is 7.61. The van der Waals surface area contributed by atoms with Crippen molar-refractivity contribution in [2.45, 2.75) is 33.1 Å². The van der Waals surface area contributed by atoms with Crippen LogP contribution in [0.4, 0.5) is 17.3 Å². The summed E-state index contributed by atoms with van der Waals surface area (Å²) in [4.78, 5) is 20.9. The topological polar surface area (TPSA) is 66.9 Å². The number of rotatable bonds is 4. The third-order valence-corrected chi connectivity index (χ3v) is 4.85. The van der Waals surface area contributed by atoms with Gasteiger partial charge in [0.25, 0.3) is 5.91 Å². The normalized spacial score (nSPS) is 11.2. The Bertz CT molecular complexity index is 977. The summed E-state index contributed by atoms with van der Waals surface area (Å²) in [6.45, 7) is 8.37. The predicted octanol–water partition coefficient (Wildman–Crippen LogP) is 5.73. The molecule has 2 aromatic carbocycles. The molecule has 0 saturated carbocycles. The van der Waals surface area contributed by atoms with Gasteiger partial charge in [-0.05, 0) is 47.7 Å². The van der Waals surface area contributed by atoms with E-state index in [1.807, 2.05) is 49.4 Å². The Morgan fingerprint density at radius 3 is 2.25 bits per heavy atom. The lowest BCUT2D eigenvalue weighted by Crippen LogP contribution is -2.14. The van der Waals surface area contributed by atoms with E-state index in [0.717, 1.165) is 16.9 Å². The van der Waals surface area contributed by atoms with Gasteiger partial charge in [-0.2, -0.15) is 0 Å². The summed E-state index contributed by atoms with van der Waals surface area (Å²) < 4.78 is 0. The van der Waals surface area contributed by atoms with Crippen LogP contribution < -0.4 is 10.6 Å². The maximum atomic E-state index is 12.4. The molecule has 6 heteroatoms. The summed E-state index contributed by atoms with van der Waals surface area (Å²) in [5, 5.41) is 6.64. The maximum Gasteiger partial charge on any atom is 0.258 e. The summed E-state index contributed by atoms with van der Waals surface area (Å²) in [6, 6.07) is 13.4. The molecule has 144 valence electrons. The number of anilines is 3. The molecule has 1 amide bonds. The quantitative estimate of drug-likeness (QED) is 0.592. The van der Waals surface area contributed by atoms with E-state index in [9.17, 15) is 4.79 Å². The van der Waals surface area contributed by atoms with E-state index < -0.39 is 0 Å². The summed E-state index contributed by atoms with van der Waals surface area (Å²) in [6.07, 6.45) is 2.99. The van der Waals surface area contributed by atoms with Crippen molar-refractivity contribution in [2.24, 2.45) is 0 Å². The van der Waals surface area contributed by atoms with E-state index in [4.69, 9.17) is 11.6 Å². The predicted molar refractivity (Wildman–Crippen MR) is 115 cm³/mol. The first-order chi connectivity index (χ1) is 13.2. The number of aromatic nitrogens is 2. The monoisotopic (exact) mass is 394 g/mol. The van der Waals surface area contributed by atoms with Gasteiger partial charge in [0, 0.05) is 28.8 Å². The Kier molecular flexibility index (Phi) is 5.66. The van der Waals surface area contributed by atoms with Crippen LogP contribution in [0.2, 0.25) is 5.02 Å². The molecule has 0 fully saturated rings. The number of carbonyl (C=O) groups is 1. The van der Waals surface area contributed by atoms with Crippen LogP contribution in [0, 0.1) is 6.92 Å². The van der Waals surface area contributed by atoms with Gasteiger partial charge in [-0.25, -0.2) is 9.97 Å². The first-order valence-electron chi connectivity index (χ1n) is 9.00. The highest BCUT2D eigenvalue weighted by molar-refractivity contribution is 6.31. The molecule has 0 aliphatic heterocycles. The van der Waals surface area contributed by atoms with Crippen LogP contribution in [0.3, 0.4) is 0 Å². The number of hydrogen-bond donors (Lipinski definition) is 2. The van der Waals surface area contributed by atoms with Crippen molar-refractivity contribution in [1.82, 2.24) is 9.97 Å². The zero-order valence-electron chi connectivity index (χ0n) is 16.4. The van der Waals surface area contributed by atoms with Crippen molar-refractivity contribution in [1.29, 1.82) is 0 Å². The molecule has 0 radical (unpaired) electrons. The molecule has 2 N–H and O–H groups in total. The zero-order chi connectivity index (χ0) is 20.3. The molecule has 5 nitrogen and oxygen atoms in total. The molecule has 0 aliphatic carbocycles. The fourth-order valence-electron chi connectivity index (χ4n) is 2.63. The van der Waals surface area contributed by atoms with E-state index in [0.29, 0.717) is 16.5 Å². The Morgan fingerprint density at radius 1 is 1.00 bits per heavy atom. The average molecular weight is 395 g/mol. The standard InChI is InChI=1S/C22H23ClN4O/c1-14-18(23)6-5-7-19(14)27-21-24-12-15(13-25-21)20(28)26-17-10-8-16(9-11-17)22(2,3)4/h5-13H,1-4H3,(H,26,28)(H,24,25,27). The Morgan fingerprint density at radius 2 is 1.64 bits per heavy atom. The number of amides is 1. The van der Waals surface area contributed by atoms with Crippen molar-refractivity contribution in [3.63, 3.8) is 0 Å². The number of hydrogen-bond acceptors (Lipinski definition) is 4. The lowest BCUT2D eigenvalue weighted by molar-refractivity contribution is 0.102. The molecule has 1 aromatic heterocycles. The van der Waals surface area contributed by atoms with E-state index in [2.05, 4.69) is 41.4 Å². The highest BCUT2D eigenvalue weighted by Crippen LogP contribution is 2.25. The van der Waals surface area contributed by atoms with Gasteiger partial charge in [0.05, 0.1) is 5.56 Å². The van der Waals surface area contributed by atoms with Gasteiger partial charge in [-0.1, -0.05) is 50.6 Å². The molecular weight excluding hydrogens is 372 g/mol. The third kappa shape index (κ3) is 4.67. The minimum absolute atomic E-state index is 0.0700. The summed E-state index contributed by atoms with van der Waals surface area (Å²) >= 11 is 6.12. The fourth-order valence-corrected chi connectivity index (χ4v) is 2.80. The number of carbonyl (C=O) groups excluding carboxylic acids is 1. The second-order valence-corrected chi connectivity index (χ2v) is 8.02. The summed E-state index contributed by atoms with van der Waals surface area (Å²) in [7, 11) is 0. The number of nitrogens with one attached hydrogen (secondary N) is 2. The highest BCUT2D eigenvalue weighted by Gasteiger charge is 2.14. The fraction of sp³-hybridized carbons (Fsp3) is 0.227.